The summed E-state index contributed by atoms with van der Waals surface area (Å²) in [6.07, 6.45) is 11.2. The van der Waals surface area contributed by atoms with Gasteiger partial charge in [-0.3, -0.25) is 19.9 Å². The standard InChI is InChI=1S/C29H37ClN8S2/c1-18(29(34-3)7-4-8-29)37-13-5-19(6-14-37)21-15-20(40-36-27(2)9-10-27)16-38-22(21)23(30)35-25(38)24(32)39-26(33)28(17-31)11-12-28/h15-16,19,32-34,36H,1,4-14H2,2-3H3. The Balaban J connectivity index is 1.28. The Morgan fingerprint density at radius 2 is 1.90 bits per heavy atom. The number of imidazole rings is 1. The lowest BCUT2D eigenvalue weighted by atomic mass is 9.73. The molecule has 212 valence electrons. The largest absolute Gasteiger partial charge is 0.374 e. The molecule has 0 spiro atoms. The van der Waals surface area contributed by atoms with Crippen LogP contribution in [-0.2, 0) is 0 Å². The van der Waals surface area contributed by atoms with Crippen molar-refractivity contribution in [3.8, 4) is 6.07 Å². The first-order chi connectivity index (χ1) is 19.1. The molecular formula is C29H37ClN8S2. The summed E-state index contributed by atoms with van der Waals surface area (Å²) in [6.45, 7) is 8.64. The first-order valence-corrected chi connectivity index (χ1v) is 16.2. The van der Waals surface area contributed by atoms with Gasteiger partial charge in [0.05, 0.1) is 22.2 Å². The Labute approximate surface area is 249 Å². The molecule has 0 radical (unpaired) electrons. The summed E-state index contributed by atoms with van der Waals surface area (Å²) in [5.41, 5.74) is 2.73. The minimum Gasteiger partial charge on any atom is -0.374 e. The summed E-state index contributed by atoms with van der Waals surface area (Å²) >= 11 is 9.46. The number of nitrogens with zero attached hydrogens (tertiary/aromatic N) is 4. The Morgan fingerprint density at radius 3 is 2.45 bits per heavy atom. The average Bonchev–Trinajstić information content (AvgIpc) is 3.85. The monoisotopic (exact) mass is 596 g/mol. The van der Waals surface area contributed by atoms with E-state index < -0.39 is 5.41 Å². The van der Waals surface area contributed by atoms with Crippen LogP contribution in [0.25, 0.3) is 5.52 Å². The maximum atomic E-state index is 9.52. The highest BCUT2D eigenvalue weighted by atomic mass is 35.5. The molecule has 0 atom stereocenters. The maximum Gasteiger partial charge on any atom is 0.171 e. The van der Waals surface area contributed by atoms with Gasteiger partial charge in [-0.1, -0.05) is 29.9 Å². The topological polar surface area (TPSA) is 116 Å². The lowest BCUT2D eigenvalue weighted by molar-refractivity contribution is 0.156. The molecule has 40 heavy (non-hydrogen) atoms. The van der Waals surface area contributed by atoms with E-state index in [1.807, 2.05) is 10.6 Å². The fourth-order valence-electron chi connectivity index (χ4n) is 5.91. The van der Waals surface area contributed by atoms with Crippen molar-refractivity contribution in [2.24, 2.45) is 5.41 Å². The molecule has 0 aromatic carbocycles. The van der Waals surface area contributed by atoms with Crippen LogP contribution in [0.4, 0.5) is 0 Å². The molecule has 4 aliphatic rings. The van der Waals surface area contributed by atoms with Crippen LogP contribution >= 0.6 is 35.3 Å². The van der Waals surface area contributed by atoms with Crippen LogP contribution in [-0.4, -0.2) is 55.6 Å². The van der Waals surface area contributed by atoms with Crippen LogP contribution in [0, 0.1) is 27.6 Å². The molecule has 4 N–H and O–H groups in total. The molecule has 1 saturated heterocycles. The number of thioether (sulfide) groups is 1. The van der Waals surface area contributed by atoms with Crippen LogP contribution in [0.2, 0.25) is 5.15 Å². The predicted molar refractivity (Wildman–Crippen MR) is 165 cm³/mol. The van der Waals surface area contributed by atoms with Gasteiger partial charge in [0.1, 0.15) is 10.5 Å². The molecule has 2 aromatic rings. The van der Waals surface area contributed by atoms with Crippen molar-refractivity contribution in [2.75, 3.05) is 20.1 Å². The predicted octanol–water partition coefficient (Wildman–Crippen LogP) is 6.31. The average molecular weight is 597 g/mol. The summed E-state index contributed by atoms with van der Waals surface area (Å²) in [4.78, 5) is 8.16. The zero-order chi connectivity index (χ0) is 28.3. The number of fused-ring (bicyclic) bond motifs is 1. The minimum atomic E-state index is -0.729. The van der Waals surface area contributed by atoms with Crippen molar-refractivity contribution in [3.05, 3.63) is 41.1 Å². The van der Waals surface area contributed by atoms with E-state index in [-0.39, 0.29) is 21.2 Å². The lowest BCUT2D eigenvalue weighted by Gasteiger charge is -2.49. The number of hydrogen-bond donors (Lipinski definition) is 4. The second-order valence-electron chi connectivity index (χ2n) is 12.2. The third-order valence-corrected chi connectivity index (χ3v) is 11.8. The number of halogens is 1. The van der Waals surface area contributed by atoms with Gasteiger partial charge in [-0.15, -0.1) is 0 Å². The third-order valence-electron chi connectivity index (χ3n) is 9.47. The highest BCUT2D eigenvalue weighted by Gasteiger charge is 2.48. The first kappa shape index (κ1) is 28.1. The summed E-state index contributed by atoms with van der Waals surface area (Å²) in [5.74, 6) is 0.739. The lowest BCUT2D eigenvalue weighted by Crippen LogP contribution is -2.55. The highest BCUT2D eigenvalue weighted by Crippen LogP contribution is 2.49. The third kappa shape index (κ3) is 4.98. The number of nitriles is 1. The number of hydrogen-bond acceptors (Lipinski definition) is 9. The molecule has 11 heteroatoms. The normalized spacial score (nSPS) is 22.4. The van der Waals surface area contributed by atoms with E-state index in [0.717, 1.165) is 79.4 Å². The van der Waals surface area contributed by atoms with Crippen LogP contribution in [0.5, 0.6) is 0 Å². The molecule has 4 fully saturated rings. The van der Waals surface area contributed by atoms with Crippen molar-refractivity contribution in [1.82, 2.24) is 24.3 Å². The van der Waals surface area contributed by atoms with Gasteiger partial charge in [0.2, 0.25) is 0 Å². The van der Waals surface area contributed by atoms with Gasteiger partial charge in [-0.2, -0.15) is 5.26 Å². The zero-order valence-electron chi connectivity index (χ0n) is 23.2. The van der Waals surface area contributed by atoms with Gasteiger partial charge in [0.25, 0.3) is 0 Å². The van der Waals surface area contributed by atoms with Gasteiger partial charge in [0.15, 0.2) is 11.0 Å². The van der Waals surface area contributed by atoms with E-state index >= 15 is 0 Å². The molecule has 0 bridgehead atoms. The molecular weight excluding hydrogens is 560 g/mol. The van der Waals surface area contributed by atoms with Gasteiger partial charge in [-0.05, 0) is 101 Å². The molecule has 0 unspecified atom stereocenters. The smallest absolute Gasteiger partial charge is 0.171 e. The molecule has 8 nitrogen and oxygen atoms in total. The second kappa shape index (κ2) is 10.4. The fraction of sp³-hybridized carbons (Fsp3) is 0.586. The van der Waals surface area contributed by atoms with Crippen molar-refractivity contribution >= 4 is 50.9 Å². The number of aromatic nitrogens is 2. The summed E-state index contributed by atoms with van der Waals surface area (Å²) in [6, 6.07) is 4.51. The van der Waals surface area contributed by atoms with Crippen molar-refractivity contribution in [1.29, 1.82) is 16.1 Å². The molecule has 3 aliphatic carbocycles. The fourth-order valence-corrected chi connectivity index (χ4v) is 7.99. The molecule has 2 aromatic heterocycles. The van der Waals surface area contributed by atoms with E-state index in [0.29, 0.717) is 29.7 Å². The molecule has 1 aliphatic heterocycles. The van der Waals surface area contributed by atoms with Crippen LogP contribution in [0.15, 0.2) is 29.4 Å². The number of likely N-dealkylation sites (tertiary alicyclic amines) is 1. The molecule has 0 amide bonds. The van der Waals surface area contributed by atoms with Crippen LogP contribution in [0.1, 0.15) is 82.0 Å². The van der Waals surface area contributed by atoms with Gasteiger partial charge >= 0.3 is 0 Å². The van der Waals surface area contributed by atoms with E-state index in [2.05, 4.69) is 52.6 Å². The summed E-state index contributed by atoms with van der Waals surface area (Å²) < 4.78 is 5.57. The Hall–Kier alpha value is -2.03. The molecule has 3 heterocycles. The van der Waals surface area contributed by atoms with E-state index in [1.54, 1.807) is 11.9 Å². The maximum absolute atomic E-state index is 9.52. The first-order valence-electron chi connectivity index (χ1n) is 14.2. The van der Waals surface area contributed by atoms with E-state index in [9.17, 15) is 5.26 Å². The summed E-state index contributed by atoms with van der Waals surface area (Å²) in [7, 11) is 2.05. The Kier molecular flexibility index (Phi) is 7.28. The van der Waals surface area contributed by atoms with Gasteiger partial charge < -0.3 is 10.2 Å². The van der Waals surface area contributed by atoms with Crippen LogP contribution in [0.3, 0.4) is 0 Å². The van der Waals surface area contributed by atoms with Gasteiger partial charge in [0, 0.05) is 35.4 Å². The molecule has 6 rings (SSSR count). The number of pyridine rings is 1. The Bertz CT molecular complexity index is 1420. The van der Waals surface area contributed by atoms with Crippen molar-refractivity contribution in [3.63, 3.8) is 0 Å². The SMILES string of the molecule is C=C(N1CCC(c2cc(SNC3(C)CC3)cn3c(C(=N)SC(=N)C4(C#N)CC4)nc(Cl)c23)CC1)C1(NC)CCC1. The second-order valence-corrected chi connectivity index (χ2v) is 14.4. The van der Waals surface area contributed by atoms with Crippen molar-refractivity contribution < 1.29 is 0 Å². The molecule has 3 saturated carbocycles. The number of likely N-dealkylation sites (N-methyl/N-ethyl adjacent to an activating group) is 1. The number of rotatable bonds is 9. The Morgan fingerprint density at radius 1 is 1.20 bits per heavy atom. The van der Waals surface area contributed by atoms with Gasteiger partial charge in [-0.25, -0.2) is 4.98 Å². The highest BCUT2D eigenvalue weighted by molar-refractivity contribution is 8.26. The van der Waals surface area contributed by atoms with Crippen molar-refractivity contribution in [2.45, 2.75) is 86.6 Å². The summed E-state index contributed by atoms with van der Waals surface area (Å²) in [5, 5.41) is 31.1. The number of piperidine rings is 1. The van der Waals surface area contributed by atoms with E-state index in [4.69, 9.17) is 22.4 Å². The quantitative estimate of drug-likeness (QED) is 0.152. The zero-order valence-corrected chi connectivity index (χ0v) is 25.6. The van der Waals surface area contributed by atoms with Crippen LogP contribution < -0.4 is 10.0 Å². The minimum absolute atomic E-state index is 0.0568. The van der Waals surface area contributed by atoms with E-state index in [1.165, 1.54) is 12.1 Å². The number of nitrogens with one attached hydrogen (secondary N) is 4.